The molecule has 1 fully saturated rings. The van der Waals surface area contributed by atoms with Gasteiger partial charge in [-0.25, -0.2) is 0 Å². The van der Waals surface area contributed by atoms with Gasteiger partial charge in [0.25, 0.3) is 0 Å². The number of rotatable bonds is 1. The van der Waals surface area contributed by atoms with Crippen LogP contribution in [0, 0.1) is 5.92 Å². The van der Waals surface area contributed by atoms with E-state index in [0.29, 0.717) is 4.36 Å². The summed E-state index contributed by atoms with van der Waals surface area (Å²) in [6.45, 7) is 2.23. The van der Waals surface area contributed by atoms with E-state index in [9.17, 15) is 0 Å². The molecule has 0 heterocycles. The van der Waals surface area contributed by atoms with Gasteiger partial charge in [-0.15, -0.1) is 12.6 Å². The standard InChI is InChI=1S/C8H11ClS/c1-6-2-3-7(6)4-5-8(9)10/h4-6,10H,2-3H2,1H3/b7-4+,8-5-. The van der Waals surface area contributed by atoms with Crippen molar-refractivity contribution in [3.8, 4) is 0 Å². The van der Waals surface area contributed by atoms with Crippen molar-refractivity contribution >= 4 is 24.2 Å². The SMILES string of the molecule is CC1CC/C1=C\C=C(/S)Cl. The largest absolute Gasteiger partial charge is 0.131 e. The van der Waals surface area contributed by atoms with E-state index in [0.717, 1.165) is 5.92 Å². The Labute approximate surface area is 72.4 Å². The molecule has 0 saturated heterocycles. The predicted octanol–water partition coefficient (Wildman–Crippen LogP) is 3.35. The van der Waals surface area contributed by atoms with Gasteiger partial charge in [-0.1, -0.05) is 30.2 Å². The summed E-state index contributed by atoms with van der Waals surface area (Å²) >= 11 is 9.48. The molecule has 10 heavy (non-hydrogen) atoms. The molecule has 56 valence electrons. The minimum atomic E-state index is 0.562. The summed E-state index contributed by atoms with van der Waals surface area (Å²) in [5.41, 5.74) is 1.49. The highest BCUT2D eigenvalue weighted by atomic mass is 35.5. The maximum Gasteiger partial charge on any atom is 0.0704 e. The topological polar surface area (TPSA) is 0 Å². The Morgan fingerprint density at radius 3 is 2.80 bits per heavy atom. The van der Waals surface area contributed by atoms with Crippen LogP contribution in [0.2, 0.25) is 0 Å². The van der Waals surface area contributed by atoms with Gasteiger partial charge < -0.3 is 0 Å². The first kappa shape index (κ1) is 8.22. The molecule has 1 rings (SSSR count). The van der Waals surface area contributed by atoms with E-state index in [1.165, 1.54) is 18.4 Å². The number of thiol groups is 1. The Kier molecular flexibility index (Phi) is 2.87. The van der Waals surface area contributed by atoms with Crippen molar-refractivity contribution in [1.82, 2.24) is 0 Å². The minimum absolute atomic E-state index is 0.562. The lowest BCUT2D eigenvalue weighted by molar-refractivity contribution is 0.483. The number of hydrogen-bond donors (Lipinski definition) is 1. The second kappa shape index (κ2) is 3.49. The Morgan fingerprint density at radius 1 is 1.80 bits per heavy atom. The van der Waals surface area contributed by atoms with Crippen molar-refractivity contribution in [2.24, 2.45) is 5.92 Å². The van der Waals surface area contributed by atoms with Crippen LogP contribution in [0.4, 0.5) is 0 Å². The molecule has 0 bridgehead atoms. The van der Waals surface area contributed by atoms with Crippen LogP contribution >= 0.6 is 24.2 Å². The predicted molar refractivity (Wildman–Crippen MR) is 49.4 cm³/mol. The van der Waals surface area contributed by atoms with E-state index in [1.807, 2.05) is 6.08 Å². The molecule has 0 amide bonds. The molecule has 0 aromatic heterocycles. The van der Waals surface area contributed by atoms with Crippen molar-refractivity contribution in [3.05, 3.63) is 22.1 Å². The van der Waals surface area contributed by atoms with Crippen LogP contribution in [-0.2, 0) is 0 Å². The number of halogens is 1. The fourth-order valence-corrected chi connectivity index (χ4v) is 1.16. The third-order valence-corrected chi connectivity index (χ3v) is 2.21. The molecule has 1 aliphatic rings. The number of allylic oxidation sites excluding steroid dienone is 3. The summed E-state index contributed by atoms with van der Waals surface area (Å²) in [5.74, 6) is 0.764. The van der Waals surface area contributed by atoms with Gasteiger partial charge in [0, 0.05) is 0 Å². The van der Waals surface area contributed by atoms with Crippen molar-refractivity contribution in [3.63, 3.8) is 0 Å². The second-order valence-corrected chi connectivity index (χ2v) is 3.82. The van der Waals surface area contributed by atoms with Gasteiger partial charge in [-0.3, -0.25) is 0 Å². The van der Waals surface area contributed by atoms with E-state index < -0.39 is 0 Å². The lowest BCUT2D eigenvalue weighted by Gasteiger charge is -2.25. The van der Waals surface area contributed by atoms with Crippen LogP contribution in [-0.4, -0.2) is 0 Å². The zero-order valence-electron chi connectivity index (χ0n) is 5.97. The first-order valence-electron chi connectivity index (χ1n) is 3.45. The van der Waals surface area contributed by atoms with Crippen molar-refractivity contribution in [1.29, 1.82) is 0 Å². The molecule has 1 saturated carbocycles. The monoisotopic (exact) mass is 174 g/mol. The summed E-state index contributed by atoms with van der Waals surface area (Å²) in [7, 11) is 0. The second-order valence-electron chi connectivity index (χ2n) is 2.67. The quantitative estimate of drug-likeness (QED) is 0.580. The Morgan fingerprint density at radius 2 is 2.50 bits per heavy atom. The molecule has 1 aliphatic carbocycles. The maximum absolute atomic E-state index is 5.53. The van der Waals surface area contributed by atoms with Crippen molar-refractivity contribution < 1.29 is 0 Å². The lowest BCUT2D eigenvalue weighted by Crippen LogP contribution is -2.10. The van der Waals surface area contributed by atoms with Crippen LogP contribution in [0.1, 0.15) is 19.8 Å². The van der Waals surface area contributed by atoms with Crippen LogP contribution in [0.15, 0.2) is 22.1 Å². The van der Waals surface area contributed by atoms with Crippen LogP contribution in [0.3, 0.4) is 0 Å². The molecule has 0 aliphatic heterocycles. The third kappa shape index (κ3) is 2.06. The molecule has 0 radical (unpaired) electrons. The molecule has 0 N–H and O–H groups in total. The summed E-state index contributed by atoms with van der Waals surface area (Å²) in [4.78, 5) is 0. The van der Waals surface area contributed by atoms with Crippen LogP contribution < -0.4 is 0 Å². The molecule has 2 heteroatoms. The highest BCUT2D eigenvalue weighted by Gasteiger charge is 2.17. The summed E-state index contributed by atoms with van der Waals surface area (Å²) in [6.07, 6.45) is 6.47. The minimum Gasteiger partial charge on any atom is -0.131 e. The fourth-order valence-electron chi connectivity index (χ4n) is 1.02. The van der Waals surface area contributed by atoms with Gasteiger partial charge >= 0.3 is 0 Å². The molecule has 0 spiro atoms. The highest BCUT2D eigenvalue weighted by molar-refractivity contribution is 7.86. The van der Waals surface area contributed by atoms with Gasteiger partial charge in [0.1, 0.15) is 0 Å². The molecule has 1 unspecified atom stereocenters. The van der Waals surface area contributed by atoms with E-state index >= 15 is 0 Å². The van der Waals surface area contributed by atoms with E-state index in [4.69, 9.17) is 11.6 Å². The molecule has 0 nitrogen and oxygen atoms in total. The Balaban J connectivity index is 2.48. The van der Waals surface area contributed by atoms with Crippen LogP contribution in [0.25, 0.3) is 0 Å². The average Bonchev–Trinajstić information content (AvgIpc) is 1.84. The van der Waals surface area contributed by atoms with Gasteiger partial charge in [0.2, 0.25) is 0 Å². The highest BCUT2D eigenvalue weighted by Crippen LogP contribution is 2.32. The number of hydrogen-bond acceptors (Lipinski definition) is 1. The average molecular weight is 175 g/mol. The first-order valence-corrected chi connectivity index (χ1v) is 4.28. The van der Waals surface area contributed by atoms with Crippen molar-refractivity contribution in [2.45, 2.75) is 19.8 Å². The third-order valence-electron chi connectivity index (χ3n) is 1.93. The van der Waals surface area contributed by atoms with Gasteiger partial charge in [0.05, 0.1) is 4.36 Å². The van der Waals surface area contributed by atoms with E-state index in [2.05, 4.69) is 25.6 Å². The summed E-state index contributed by atoms with van der Waals surface area (Å²) in [5, 5.41) is 0. The fraction of sp³-hybridized carbons (Fsp3) is 0.500. The normalized spacial score (nSPS) is 30.5. The van der Waals surface area contributed by atoms with Gasteiger partial charge in [-0.05, 0) is 24.8 Å². The molecular formula is C8H11ClS. The van der Waals surface area contributed by atoms with Crippen molar-refractivity contribution in [2.75, 3.05) is 0 Å². The smallest absolute Gasteiger partial charge is 0.0704 e. The Bertz CT molecular complexity index is 178. The van der Waals surface area contributed by atoms with E-state index in [-0.39, 0.29) is 0 Å². The summed E-state index contributed by atoms with van der Waals surface area (Å²) < 4.78 is 0.562. The lowest BCUT2D eigenvalue weighted by atomic mass is 9.81. The molecule has 1 atom stereocenters. The van der Waals surface area contributed by atoms with Crippen LogP contribution in [0.5, 0.6) is 0 Å². The first-order chi connectivity index (χ1) is 4.70. The molecular weight excluding hydrogens is 164 g/mol. The molecule has 0 aromatic carbocycles. The van der Waals surface area contributed by atoms with Gasteiger partial charge in [-0.2, -0.15) is 0 Å². The van der Waals surface area contributed by atoms with Gasteiger partial charge in [0.15, 0.2) is 0 Å². The summed E-state index contributed by atoms with van der Waals surface area (Å²) in [6, 6.07) is 0. The van der Waals surface area contributed by atoms with E-state index in [1.54, 1.807) is 0 Å². The zero-order chi connectivity index (χ0) is 7.56. The maximum atomic E-state index is 5.53. The molecule has 0 aromatic rings. The zero-order valence-corrected chi connectivity index (χ0v) is 7.62. The Hall–Kier alpha value is 0.120.